The van der Waals surface area contributed by atoms with E-state index < -0.39 is 0 Å². The van der Waals surface area contributed by atoms with Gasteiger partial charge in [-0.2, -0.15) is 0 Å². The lowest BCUT2D eigenvalue weighted by molar-refractivity contribution is 0.100. The Morgan fingerprint density at radius 1 is 0.957 bits per heavy atom. The largest absolute Gasteiger partial charge is 0.488 e. The van der Waals surface area contributed by atoms with Gasteiger partial charge in [-0.15, -0.1) is 0 Å². The number of hydrogen-bond donors (Lipinski definition) is 0. The fourth-order valence-corrected chi connectivity index (χ4v) is 2.98. The molecule has 0 fully saturated rings. The van der Waals surface area contributed by atoms with Crippen LogP contribution in [0.1, 0.15) is 15.9 Å². The summed E-state index contributed by atoms with van der Waals surface area (Å²) < 4.78 is 5.80. The molecule has 0 saturated carbocycles. The van der Waals surface area contributed by atoms with Gasteiger partial charge in [0.1, 0.15) is 12.4 Å². The first-order valence-electron chi connectivity index (χ1n) is 7.38. The van der Waals surface area contributed by atoms with E-state index in [1.807, 2.05) is 66.7 Å². The Hall–Kier alpha value is -2.58. The van der Waals surface area contributed by atoms with Crippen LogP contribution < -0.4 is 4.74 Å². The number of hydrogen-bond acceptors (Lipinski definition) is 2. The van der Waals surface area contributed by atoms with Crippen LogP contribution in [0.2, 0.25) is 5.02 Å². The molecule has 112 valence electrons. The normalized spacial score (nSPS) is 15.5. The lowest BCUT2D eigenvalue weighted by Gasteiger charge is -2.20. The summed E-state index contributed by atoms with van der Waals surface area (Å²) in [6.45, 7) is 0.285. The van der Waals surface area contributed by atoms with Crippen molar-refractivity contribution < 1.29 is 9.53 Å². The van der Waals surface area contributed by atoms with Crippen LogP contribution in [0, 0.1) is 0 Å². The molecular weight excluding hydrogens is 308 g/mol. The lowest BCUT2D eigenvalue weighted by Crippen LogP contribution is -2.19. The van der Waals surface area contributed by atoms with Gasteiger partial charge in [-0.05, 0) is 40.6 Å². The summed E-state index contributed by atoms with van der Waals surface area (Å²) in [6.07, 6.45) is 1.86. The number of carbonyl (C=O) groups is 1. The summed E-state index contributed by atoms with van der Waals surface area (Å²) >= 11 is 5.90. The molecule has 0 spiro atoms. The van der Waals surface area contributed by atoms with Crippen LogP contribution in [0.5, 0.6) is 5.75 Å². The monoisotopic (exact) mass is 320 g/mol. The maximum absolute atomic E-state index is 12.9. The van der Waals surface area contributed by atoms with Crippen LogP contribution in [0.25, 0.3) is 16.8 Å². The van der Waals surface area contributed by atoms with Gasteiger partial charge in [-0.25, -0.2) is 0 Å². The Morgan fingerprint density at radius 2 is 1.74 bits per heavy atom. The van der Waals surface area contributed by atoms with Crippen LogP contribution in [0.3, 0.4) is 0 Å². The molecule has 0 unspecified atom stereocenters. The number of ether oxygens (including phenoxy) is 1. The molecule has 3 heteroatoms. The number of benzene rings is 3. The third-order valence-electron chi connectivity index (χ3n) is 4.00. The van der Waals surface area contributed by atoms with Gasteiger partial charge in [0.05, 0.1) is 5.56 Å². The molecule has 0 amide bonds. The molecule has 3 aromatic carbocycles. The summed E-state index contributed by atoms with van der Waals surface area (Å²) in [5, 5.41) is 2.64. The van der Waals surface area contributed by atoms with Crippen LogP contribution in [0.4, 0.5) is 0 Å². The van der Waals surface area contributed by atoms with Gasteiger partial charge in [0.2, 0.25) is 0 Å². The molecular formula is C20H13ClO2. The number of ketones is 1. The highest BCUT2D eigenvalue weighted by atomic mass is 35.5. The Kier molecular flexibility index (Phi) is 3.40. The Labute approximate surface area is 139 Å². The summed E-state index contributed by atoms with van der Waals surface area (Å²) in [6, 6.07) is 19.1. The quantitative estimate of drug-likeness (QED) is 0.579. The predicted octanol–water partition coefficient (Wildman–Crippen LogP) is 5.15. The highest BCUT2D eigenvalue weighted by molar-refractivity contribution is 6.30. The fraction of sp³-hybridized carbons (Fsp3) is 0.0500. The molecule has 0 aromatic heterocycles. The maximum Gasteiger partial charge on any atom is 0.196 e. The minimum atomic E-state index is 0.0259. The van der Waals surface area contributed by atoms with Crippen molar-refractivity contribution in [2.75, 3.05) is 6.61 Å². The third-order valence-corrected chi connectivity index (χ3v) is 4.26. The second kappa shape index (κ2) is 5.56. The molecule has 1 heterocycles. The van der Waals surface area contributed by atoms with Gasteiger partial charge in [0.25, 0.3) is 0 Å². The molecule has 1 aliphatic rings. The molecule has 1 aliphatic heterocycles. The minimum Gasteiger partial charge on any atom is -0.488 e. The Balaban J connectivity index is 1.82. The van der Waals surface area contributed by atoms with E-state index >= 15 is 0 Å². The first-order valence-corrected chi connectivity index (χ1v) is 7.75. The summed E-state index contributed by atoms with van der Waals surface area (Å²) in [7, 11) is 0. The number of Topliss-reactive ketones (excluding diaryl/α,β-unsaturated/α-hetero) is 1. The standard InChI is InChI=1S/C20H13ClO2/c21-16-8-5-13(6-9-16)11-15-12-23-18-10-7-14-3-1-2-4-17(14)19(18)20(15)22/h1-11H,12H2. The van der Waals surface area contributed by atoms with Crippen molar-refractivity contribution in [3.05, 3.63) is 82.4 Å². The smallest absolute Gasteiger partial charge is 0.196 e. The van der Waals surface area contributed by atoms with E-state index in [1.165, 1.54) is 0 Å². The van der Waals surface area contributed by atoms with Gasteiger partial charge in [-0.1, -0.05) is 54.1 Å². The van der Waals surface area contributed by atoms with Crippen molar-refractivity contribution in [2.45, 2.75) is 0 Å². The number of rotatable bonds is 1. The van der Waals surface area contributed by atoms with Crippen molar-refractivity contribution >= 4 is 34.2 Å². The Bertz CT molecular complexity index is 940. The van der Waals surface area contributed by atoms with E-state index in [4.69, 9.17) is 16.3 Å². The van der Waals surface area contributed by atoms with E-state index in [0.717, 1.165) is 16.3 Å². The molecule has 4 rings (SSSR count). The van der Waals surface area contributed by atoms with Gasteiger partial charge in [0.15, 0.2) is 5.78 Å². The zero-order valence-electron chi connectivity index (χ0n) is 12.3. The van der Waals surface area contributed by atoms with Crippen LogP contribution in [-0.2, 0) is 0 Å². The lowest BCUT2D eigenvalue weighted by atomic mass is 9.93. The summed E-state index contributed by atoms with van der Waals surface area (Å²) in [5.41, 5.74) is 2.23. The van der Waals surface area contributed by atoms with Crippen molar-refractivity contribution in [1.82, 2.24) is 0 Å². The molecule has 0 N–H and O–H groups in total. The summed E-state index contributed by atoms with van der Waals surface area (Å²) in [4.78, 5) is 12.9. The first-order chi connectivity index (χ1) is 11.2. The third kappa shape index (κ3) is 2.51. The molecule has 0 bridgehead atoms. The van der Waals surface area contributed by atoms with E-state index in [0.29, 0.717) is 21.9 Å². The topological polar surface area (TPSA) is 26.3 Å². The average Bonchev–Trinajstić information content (AvgIpc) is 2.59. The Morgan fingerprint density at radius 3 is 2.57 bits per heavy atom. The minimum absolute atomic E-state index is 0.0259. The number of carbonyl (C=O) groups excluding carboxylic acids is 1. The maximum atomic E-state index is 12.9. The zero-order valence-corrected chi connectivity index (χ0v) is 13.0. The number of halogens is 1. The zero-order chi connectivity index (χ0) is 15.8. The number of fused-ring (bicyclic) bond motifs is 3. The van der Waals surface area contributed by atoms with Crippen LogP contribution in [0.15, 0.2) is 66.2 Å². The van der Waals surface area contributed by atoms with Gasteiger partial charge in [0, 0.05) is 10.6 Å². The van der Waals surface area contributed by atoms with Crippen molar-refractivity contribution in [3.8, 4) is 5.75 Å². The van der Waals surface area contributed by atoms with Crippen LogP contribution in [-0.4, -0.2) is 12.4 Å². The van der Waals surface area contributed by atoms with E-state index in [2.05, 4.69) is 0 Å². The van der Waals surface area contributed by atoms with E-state index in [-0.39, 0.29) is 12.4 Å². The first kappa shape index (κ1) is 14.0. The molecule has 0 saturated heterocycles. The van der Waals surface area contributed by atoms with E-state index in [1.54, 1.807) is 0 Å². The SMILES string of the molecule is O=C1C(=Cc2ccc(Cl)cc2)COc2ccc3ccccc3c21. The molecule has 2 nitrogen and oxygen atoms in total. The van der Waals surface area contributed by atoms with Crippen molar-refractivity contribution in [3.63, 3.8) is 0 Å². The highest BCUT2D eigenvalue weighted by Gasteiger charge is 2.25. The van der Waals surface area contributed by atoms with Crippen molar-refractivity contribution in [2.24, 2.45) is 0 Å². The van der Waals surface area contributed by atoms with Gasteiger partial charge < -0.3 is 4.74 Å². The van der Waals surface area contributed by atoms with Crippen molar-refractivity contribution in [1.29, 1.82) is 0 Å². The van der Waals surface area contributed by atoms with Gasteiger partial charge in [-0.3, -0.25) is 4.79 Å². The van der Waals surface area contributed by atoms with Gasteiger partial charge >= 0.3 is 0 Å². The fourth-order valence-electron chi connectivity index (χ4n) is 2.86. The molecule has 0 radical (unpaired) electrons. The molecule has 0 aliphatic carbocycles. The second-order valence-corrected chi connectivity index (χ2v) is 5.94. The molecule has 3 aromatic rings. The highest BCUT2D eigenvalue weighted by Crippen LogP contribution is 2.34. The molecule has 23 heavy (non-hydrogen) atoms. The average molecular weight is 321 g/mol. The van der Waals surface area contributed by atoms with E-state index in [9.17, 15) is 4.79 Å². The summed E-state index contributed by atoms with van der Waals surface area (Å²) in [5.74, 6) is 0.681. The molecule has 0 atom stereocenters. The predicted molar refractivity (Wildman–Crippen MR) is 93.2 cm³/mol. The van der Waals surface area contributed by atoms with Crippen LogP contribution >= 0.6 is 11.6 Å². The second-order valence-electron chi connectivity index (χ2n) is 5.50.